The normalized spacial score (nSPS) is 16.5. The standard InChI is InChI=1S/C23H24F2N4O3S/c1-28-15-12-26-22(28)21(17-6-2-3-7-18(17)24)27-23(30)16-10-13-29(14-11-16)33(31,32)20-9-5-4-8-19(20)25/h2-9,12,15-16,21H,10-11,13-14H2,1H3,(H,27,30). The molecule has 33 heavy (non-hydrogen) atoms. The molecule has 0 saturated carbocycles. The average molecular weight is 475 g/mol. The Labute approximate surface area is 191 Å². The largest absolute Gasteiger partial charge is 0.342 e. The second kappa shape index (κ2) is 9.40. The van der Waals surface area contributed by atoms with Gasteiger partial charge >= 0.3 is 0 Å². The third-order valence-corrected chi connectivity index (χ3v) is 7.83. The van der Waals surface area contributed by atoms with E-state index in [2.05, 4.69) is 10.3 Å². The number of rotatable bonds is 6. The lowest BCUT2D eigenvalue weighted by Gasteiger charge is -2.31. The lowest BCUT2D eigenvalue weighted by atomic mass is 9.96. The van der Waals surface area contributed by atoms with Gasteiger partial charge < -0.3 is 9.88 Å². The number of aryl methyl sites for hydroxylation is 1. The summed E-state index contributed by atoms with van der Waals surface area (Å²) < 4.78 is 57.1. The molecule has 1 aliphatic rings. The molecule has 174 valence electrons. The summed E-state index contributed by atoms with van der Waals surface area (Å²) in [6.07, 6.45) is 3.82. The minimum atomic E-state index is -3.99. The van der Waals surface area contributed by atoms with Gasteiger partial charge in [0.25, 0.3) is 0 Å². The van der Waals surface area contributed by atoms with Crippen LogP contribution in [-0.2, 0) is 21.9 Å². The number of piperidine rings is 1. The Hall–Kier alpha value is -3.11. The number of sulfonamides is 1. The molecule has 1 N–H and O–H groups in total. The first-order valence-corrected chi connectivity index (χ1v) is 12.0. The number of benzene rings is 2. The highest BCUT2D eigenvalue weighted by Crippen LogP contribution is 2.28. The number of hydrogen-bond acceptors (Lipinski definition) is 4. The van der Waals surface area contributed by atoms with E-state index >= 15 is 0 Å². The average Bonchev–Trinajstić information content (AvgIpc) is 3.23. The molecule has 3 aromatic rings. The first-order chi connectivity index (χ1) is 15.8. The summed E-state index contributed by atoms with van der Waals surface area (Å²) in [5.74, 6) is -1.56. The minimum Gasteiger partial charge on any atom is -0.342 e. The van der Waals surface area contributed by atoms with Gasteiger partial charge in [-0.05, 0) is 31.0 Å². The molecule has 1 atom stereocenters. The van der Waals surface area contributed by atoms with Crippen molar-refractivity contribution in [3.8, 4) is 0 Å². The number of imidazole rings is 1. The van der Waals surface area contributed by atoms with Crippen molar-refractivity contribution >= 4 is 15.9 Å². The number of halogens is 2. The summed E-state index contributed by atoms with van der Waals surface area (Å²) in [6.45, 7) is 0.170. The van der Waals surface area contributed by atoms with Crippen LogP contribution in [0.2, 0.25) is 0 Å². The molecule has 4 rings (SSSR count). The van der Waals surface area contributed by atoms with Crippen LogP contribution in [-0.4, -0.2) is 41.3 Å². The van der Waals surface area contributed by atoms with Crippen molar-refractivity contribution in [1.82, 2.24) is 19.2 Å². The SMILES string of the molecule is Cn1ccnc1C(NC(=O)C1CCN(S(=O)(=O)c2ccccc2F)CC1)c1ccccc1F. The number of amides is 1. The monoisotopic (exact) mass is 474 g/mol. The highest BCUT2D eigenvalue weighted by atomic mass is 32.2. The topological polar surface area (TPSA) is 84.3 Å². The van der Waals surface area contributed by atoms with E-state index in [1.165, 1.54) is 28.6 Å². The van der Waals surface area contributed by atoms with E-state index in [0.29, 0.717) is 11.4 Å². The molecule has 2 aromatic carbocycles. The molecule has 0 spiro atoms. The van der Waals surface area contributed by atoms with Crippen LogP contribution in [0.4, 0.5) is 8.78 Å². The molecule has 1 unspecified atom stereocenters. The van der Waals surface area contributed by atoms with Crippen molar-refractivity contribution in [3.05, 3.63) is 83.9 Å². The van der Waals surface area contributed by atoms with E-state index in [-0.39, 0.29) is 36.7 Å². The van der Waals surface area contributed by atoms with Gasteiger partial charge in [-0.3, -0.25) is 4.79 Å². The maximum absolute atomic E-state index is 14.5. The molecule has 0 radical (unpaired) electrons. The Morgan fingerprint density at radius 2 is 1.70 bits per heavy atom. The zero-order valence-electron chi connectivity index (χ0n) is 18.0. The van der Waals surface area contributed by atoms with Gasteiger partial charge in [-0.2, -0.15) is 4.31 Å². The maximum Gasteiger partial charge on any atom is 0.245 e. The van der Waals surface area contributed by atoms with E-state index in [4.69, 9.17) is 0 Å². The van der Waals surface area contributed by atoms with Crippen molar-refractivity contribution in [2.75, 3.05) is 13.1 Å². The van der Waals surface area contributed by atoms with Crippen LogP contribution >= 0.6 is 0 Å². The molecular weight excluding hydrogens is 450 g/mol. The van der Waals surface area contributed by atoms with Crippen molar-refractivity contribution in [2.24, 2.45) is 13.0 Å². The van der Waals surface area contributed by atoms with Crippen molar-refractivity contribution in [3.63, 3.8) is 0 Å². The van der Waals surface area contributed by atoms with Gasteiger partial charge in [-0.25, -0.2) is 22.2 Å². The van der Waals surface area contributed by atoms with Crippen LogP contribution in [0.15, 0.2) is 65.8 Å². The summed E-state index contributed by atoms with van der Waals surface area (Å²) >= 11 is 0. The third kappa shape index (κ3) is 4.67. The molecule has 0 bridgehead atoms. The highest BCUT2D eigenvalue weighted by molar-refractivity contribution is 7.89. The van der Waals surface area contributed by atoms with E-state index in [9.17, 15) is 22.0 Å². The fourth-order valence-electron chi connectivity index (χ4n) is 4.06. The smallest absolute Gasteiger partial charge is 0.245 e. The summed E-state index contributed by atoms with van der Waals surface area (Å²) in [7, 11) is -2.23. The first-order valence-electron chi connectivity index (χ1n) is 10.6. The number of nitrogens with one attached hydrogen (secondary N) is 1. The van der Waals surface area contributed by atoms with Crippen LogP contribution < -0.4 is 5.32 Å². The van der Waals surface area contributed by atoms with Gasteiger partial charge in [-0.1, -0.05) is 30.3 Å². The Kier molecular flexibility index (Phi) is 6.57. The van der Waals surface area contributed by atoms with E-state index in [0.717, 1.165) is 6.07 Å². The fourth-order valence-corrected chi connectivity index (χ4v) is 5.59. The number of aromatic nitrogens is 2. The van der Waals surface area contributed by atoms with Gasteiger partial charge in [-0.15, -0.1) is 0 Å². The predicted octanol–water partition coefficient (Wildman–Crippen LogP) is 3.00. The number of carbonyl (C=O) groups excluding carboxylic acids is 1. The van der Waals surface area contributed by atoms with Crippen molar-refractivity contribution in [1.29, 1.82) is 0 Å². The number of carbonyl (C=O) groups is 1. The molecular formula is C23H24F2N4O3S. The highest BCUT2D eigenvalue weighted by Gasteiger charge is 2.34. The Bertz CT molecular complexity index is 1250. The summed E-state index contributed by atoms with van der Waals surface area (Å²) in [5.41, 5.74) is 0.291. The molecule has 1 aliphatic heterocycles. The molecule has 2 heterocycles. The maximum atomic E-state index is 14.5. The lowest BCUT2D eigenvalue weighted by Crippen LogP contribution is -2.44. The Morgan fingerprint density at radius 1 is 1.06 bits per heavy atom. The van der Waals surface area contributed by atoms with Crippen molar-refractivity contribution < 1.29 is 22.0 Å². The molecule has 1 amide bonds. The number of hydrogen-bond donors (Lipinski definition) is 1. The van der Waals surface area contributed by atoms with Crippen LogP contribution in [0.1, 0.15) is 30.3 Å². The Balaban J connectivity index is 1.48. The van der Waals surface area contributed by atoms with E-state index < -0.39 is 33.6 Å². The van der Waals surface area contributed by atoms with Crippen molar-refractivity contribution in [2.45, 2.75) is 23.8 Å². The van der Waals surface area contributed by atoms with Gasteiger partial charge in [0.2, 0.25) is 15.9 Å². The van der Waals surface area contributed by atoms with Crippen LogP contribution in [0.3, 0.4) is 0 Å². The predicted molar refractivity (Wildman–Crippen MR) is 117 cm³/mol. The Morgan fingerprint density at radius 3 is 2.30 bits per heavy atom. The quantitative estimate of drug-likeness (QED) is 0.595. The molecule has 1 saturated heterocycles. The molecule has 10 heteroatoms. The summed E-state index contributed by atoms with van der Waals surface area (Å²) in [4.78, 5) is 17.0. The molecule has 0 aliphatic carbocycles. The van der Waals surface area contributed by atoms with Crippen LogP contribution in [0, 0.1) is 17.6 Å². The molecule has 1 fully saturated rings. The van der Waals surface area contributed by atoms with Crippen LogP contribution in [0.25, 0.3) is 0 Å². The zero-order chi connectivity index (χ0) is 23.6. The van der Waals surface area contributed by atoms with E-state index in [1.807, 2.05) is 0 Å². The summed E-state index contributed by atoms with van der Waals surface area (Å²) in [5, 5.41) is 2.89. The van der Waals surface area contributed by atoms with Gasteiger partial charge in [0.15, 0.2) is 0 Å². The summed E-state index contributed by atoms with van der Waals surface area (Å²) in [6, 6.07) is 10.6. The van der Waals surface area contributed by atoms with Gasteiger partial charge in [0, 0.05) is 44.0 Å². The zero-order valence-corrected chi connectivity index (χ0v) is 18.8. The van der Waals surface area contributed by atoms with Gasteiger partial charge in [0.1, 0.15) is 28.4 Å². The second-order valence-electron chi connectivity index (χ2n) is 7.97. The van der Waals surface area contributed by atoms with E-state index in [1.54, 1.807) is 42.2 Å². The first kappa shape index (κ1) is 23.1. The third-order valence-electron chi connectivity index (χ3n) is 5.90. The lowest BCUT2D eigenvalue weighted by molar-refractivity contribution is -0.126. The van der Waals surface area contributed by atoms with Gasteiger partial charge in [0.05, 0.1) is 0 Å². The minimum absolute atomic E-state index is 0.0848. The number of nitrogens with zero attached hydrogens (tertiary/aromatic N) is 3. The second-order valence-corrected chi connectivity index (χ2v) is 9.87. The molecule has 7 nitrogen and oxygen atoms in total. The fraction of sp³-hybridized carbons (Fsp3) is 0.304. The molecule has 1 aromatic heterocycles. The van der Waals surface area contributed by atoms with Crippen LogP contribution in [0.5, 0.6) is 0 Å².